The first-order valence-corrected chi connectivity index (χ1v) is 3.92. The zero-order valence-corrected chi connectivity index (χ0v) is 6.59. The molecule has 1 heterocycles. The topological polar surface area (TPSA) is 35.2 Å². The van der Waals surface area contributed by atoms with Crippen molar-refractivity contribution in [2.24, 2.45) is 5.73 Å². The minimum Gasteiger partial charge on any atom is -0.492 e. The number of halogens is 1. The molecule has 2 rings (SSSR count). The van der Waals surface area contributed by atoms with E-state index in [-0.39, 0.29) is 11.9 Å². The highest BCUT2D eigenvalue weighted by Crippen LogP contribution is 2.24. The summed E-state index contributed by atoms with van der Waals surface area (Å²) in [6.07, 6.45) is 0.773. The standard InChI is InChI=1S/C9H10FNO/c10-7-2-1-6-3-8(11)5-12-9(6)4-7/h1-2,4,8H,3,5,11H2/t8-/m1/s1. The van der Waals surface area contributed by atoms with Crippen LogP contribution in [0.3, 0.4) is 0 Å². The van der Waals surface area contributed by atoms with Crippen molar-refractivity contribution in [2.75, 3.05) is 6.61 Å². The molecule has 1 atom stereocenters. The second-order valence-electron chi connectivity index (χ2n) is 3.03. The Hall–Kier alpha value is -1.09. The van der Waals surface area contributed by atoms with Gasteiger partial charge in [0.1, 0.15) is 18.2 Å². The van der Waals surface area contributed by atoms with Crippen LogP contribution < -0.4 is 10.5 Å². The lowest BCUT2D eigenvalue weighted by atomic mass is 10.0. The fourth-order valence-electron chi connectivity index (χ4n) is 1.37. The average Bonchev–Trinajstić information content (AvgIpc) is 2.05. The lowest BCUT2D eigenvalue weighted by Crippen LogP contribution is -2.33. The van der Waals surface area contributed by atoms with E-state index in [1.54, 1.807) is 6.07 Å². The Bertz CT molecular complexity index is 301. The molecule has 1 aliphatic rings. The van der Waals surface area contributed by atoms with Crippen molar-refractivity contribution in [1.82, 2.24) is 0 Å². The fraction of sp³-hybridized carbons (Fsp3) is 0.333. The molecule has 1 aromatic rings. The number of hydrogen-bond donors (Lipinski definition) is 1. The summed E-state index contributed by atoms with van der Waals surface area (Å²) in [6, 6.07) is 4.61. The van der Waals surface area contributed by atoms with Gasteiger partial charge in [0.15, 0.2) is 0 Å². The highest BCUT2D eigenvalue weighted by molar-refractivity contribution is 5.36. The van der Waals surface area contributed by atoms with Crippen molar-refractivity contribution < 1.29 is 9.13 Å². The first kappa shape index (κ1) is 7.55. The van der Waals surface area contributed by atoms with Crippen LogP contribution in [-0.2, 0) is 6.42 Å². The van der Waals surface area contributed by atoms with Gasteiger partial charge in [0.2, 0.25) is 0 Å². The maximum atomic E-state index is 12.7. The number of ether oxygens (including phenoxy) is 1. The molecule has 1 aromatic carbocycles. The molecule has 0 radical (unpaired) electrons. The SMILES string of the molecule is N[C@H]1COc2cc(F)ccc2C1. The van der Waals surface area contributed by atoms with Crippen LogP contribution in [0, 0.1) is 5.82 Å². The van der Waals surface area contributed by atoms with Gasteiger partial charge >= 0.3 is 0 Å². The first-order chi connectivity index (χ1) is 5.75. The smallest absolute Gasteiger partial charge is 0.126 e. The lowest BCUT2D eigenvalue weighted by Gasteiger charge is -2.21. The summed E-state index contributed by atoms with van der Waals surface area (Å²) < 4.78 is 17.9. The Balaban J connectivity index is 2.37. The van der Waals surface area contributed by atoms with E-state index in [9.17, 15) is 4.39 Å². The summed E-state index contributed by atoms with van der Waals surface area (Å²) in [5, 5.41) is 0. The molecule has 3 heteroatoms. The van der Waals surface area contributed by atoms with E-state index in [4.69, 9.17) is 10.5 Å². The number of benzene rings is 1. The molecule has 0 aliphatic carbocycles. The van der Waals surface area contributed by atoms with Crippen LogP contribution in [0.5, 0.6) is 5.75 Å². The molecule has 0 spiro atoms. The molecule has 1 aliphatic heterocycles. The van der Waals surface area contributed by atoms with Crippen LogP contribution in [0.25, 0.3) is 0 Å². The van der Waals surface area contributed by atoms with Crippen molar-refractivity contribution in [3.8, 4) is 5.75 Å². The van der Waals surface area contributed by atoms with E-state index in [2.05, 4.69) is 0 Å². The van der Waals surface area contributed by atoms with Crippen LogP contribution in [-0.4, -0.2) is 12.6 Å². The van der Waals surface area contributed by atoms with E-state index in [0.717, 1.165) is 12.0 Å². The van der Waals surface area contributed by atoms with Crippen molar-refractivity contribution in [3.05, 3.63) is 29.6 Å². The van der Waals surface area contributed by atoms with Crippen LogP contribution in [0.15, 0.2) is 18.2 Å². The summed E-state index contributed by atoms with van der Waals surface area (Å²) in [5.74, 6) is 0.376. The Morgan fingerprint density at radius 2 is 2.33 bits per heavy atom. The number of nitrogens with two attached hydrogens (primary N) is 1. The Labute approximate surface area is 70.1 Å². The number of hydrogen-bond acceptors (Lipinski definition) is 2. The fourth-order valence-corrected chi connectivity index (χ4v) is 1.37. The summed E-state index contributed by atoms with van der Waals surface area (Å²) >= 11 is 0. The molecule has 2 nitrogen and oxygen atoms in total. The highest BCUT2D eigenvalue weighted by atomic mass is 19.1. The summed E-state index contributed by atoms with van der Waals surface area (Å²) in [7, 11) is 0. The summed E-state index contributed by atoms with van der Waals surface area (Å²) in [4.78, 5) is 0. The Kier molecular flexibility index (Phi) is 1.73. The van der Waals surface area contributed by atoms with E-state index in [1.165, 1.54) is 12.1 Å². The second kappa shape index (κ2) is 2.75. The average molecular weight is 167 g/mol. The highest BCUT2D eigenvalue weighted by Gasteiger charge is 2.16. The molecule has 0 bridgehead atoms. The minimum atomic E-state index is -0.260. The van der Waals surface area contributed by atoms with Gasteiger partial charge in [0.25, 0.3) is 0 Å². The molecule has 0 unspecified atom stereocenters. The first-order valence-electron chi connectivity index (χ1n) is 3.92. The van der Waals surface area contributed by atoms with Gasteiger partial charge in [0, 0.05) is 12.1 Å². The minimum absolute atomic E-state index is 0.0444. The normalized spacial score (nSPS) is 21.3. The van der Waals surface area contributed by atoms with E-state index < -0.39 is 0 Å². The third-order valence-electron chi connectivity index (χ3n) is 1.96. The van der Waals surface area contributed by atoms with Gasteiger partial charge in [-0.15, -0.1) is 0 Å². The van der Waals surface area contributed by atoms with Gasteiger partial charge in [-0.3, -0.25) is 0 Å². The van der Waals surface area contributed by atoms with Crippen molar-refractivity contribution >= 4 is 0 Å². The zero-order valence-electron chi connectivity index (χ0n) is 6.59. The Morgan fingerprint density at radius 3 is 3.17 bits per heavy atom. The van der Waals surface area contributed by atoms with Gasteiger partial charge in [-0.2, -0.15) is 0 Å². The molecular formula is C9H10FNO. The molecule has 0 aromatic heterocycles. The van der Waals surface area contributed by atoms with Crippen molar-refractivity contribution in [2.45, 2.75) is 12.5 Å². The van der Waals surface area contributed by atoms with E-state index in [1.807, 2.05) is 0 Å². The molecule has 0 saturated heterocycles. The molecule has 0 saturated carbocycles. The van der Waals surface area contributed by atoms with Crippen LogP contribution in [0.4, 0.5) is 4.39 Å². The third-order valence-corrected chi connectivity index (χ3v) is 1.96. The lowest BCUT2D eigenvalue weighted by molar-refractivity contribution is 0.262. The summed E-state index contributed by atoms with van der Waals surface area (Å²) in [6.45, 7) is 0.483. The van der Waals surface area contributed by atoms with Crippen LogP contribution in [0.2, 0.25) is 0 Å². The monoisotopic (exact) mass is 167 g/mol. The molecule has 12 heavy (non-hydrogen) atoms. The third kappa shape index (κ3) is 1.28. The predicted octanol–water partition coefficient (Wildman–Crippen LogP) is 1.09. The van der Waals surface area contributed by atoms with Crippen molar-refractivity contribution in [1.29, 1.82) is 0 Å². The quantitative estimate of drug-likeness (QED) is 0.627. The maximum Gasteiger partial charge on any atom is 0.126 e. The molecular weight excluding hydrogens is 157 g/mol. The maximum absolute atomic E-state index is 12.7. The number of fused-ring (bicyclic) bond motifs is 1. The van der Waals surface area contributed by atoms with Gasteiger partial charge in [-0.05, 0) is 18.1 Å². The van der Waals surface area contributed by atoms with Crippen LogP contribution in [0.1, 0.15) is 5.56 Å². The van der Waals surface area contributed by atoms with Gasteiger partial charge in [0.05, 0.1) is 0 Å². The molecule has 0 amide bonds. The summed E-state index contributed by atoms with van der Waals surface area (Å²) in [5.41, 5.74) is 6.66. The molecule has 0 fully saturated rings. The van der Waals surface area contributed by atoms with Crippen LogP contribution >= 0.6 is 0 Å². The van der Waals surface area contributed by atoms with Gasteiger partial charge in [-0.25, -0.2) is 4.39 Å². The second-order valence-corrected chi connectivity index (χ2v) is 3.03. The van der Waals surface area contributed by atoms with Gasteiger partial charge in [-0.1, -0.05) is 6.07 Å². The van der Waals surface area contributed by atoms with E-state index >= 15 is 0 Å². The Morgan fingerprint density at radius 1 is 1.50 bits per heavy atom. The molecule has 2 N–H and O–H groups in total. The van der Waals surface area contributed by atoms with E-state index in [0.29, 0.717) is 12.4 Å². The zero-order chi connectivity index (χ0) is 8.55. The van der Waals surface area contributed by atoms with Crippen molar-refractivity contribution in [3.63, 3.8) is 0 Å². The predicted molar refractivity (Wildman–Crippen MR) is 43.6 cm³/mol. The van der Waals surface area contributed by atoms with Gasteiger partial charge < -0.3 is 10.5 Å². The molecule has 64 valence electrons. The largest absolute Gasteiger partial charge is 0.492 e. The number of rotatable bonds is 0.